The SMILES string of the molecule is COC(=O)C1CCC[C@H](N)C1.Cl. The van der Waals surface area contributed by atoms with Gasteiger partial charge in [-0.25, -0.2) is 0 Å². The van der Waals surface area contributed by atoms with Gasteiger partial charge in [-0.3, -0.25) is 4.79 Å². The van der Waals surface area contributed by atoms with E-state index < -0.39 is 0 Å². The minimum atomic E-state index is -0.0971. The molecule has 2 N–H and O–H groups in total. The van der Waals surface area contributed by atoms with Crippen molar-refractivity contribution in [3.63, 3.8) is 0 Å². The van der Waals surface area contributed by atoms with Crippen molar-refractivity contribution >= 4 is 18.4 Å². The van der Waals surface area contributed by atoms with Gasteiger partial charge in [0.25, 0.3) is 0 Å². The maximum Gasteiger partial charge on any atom is 0.308 e. The van der Waals surface area contributed by atoms with Crippen LogP contribution in [0.4, 0.5) is 0 Å². The Labute approximate surface area is 79.1 Å². The van der Waals surface area contributed by atoms with E-state index in [1.54, 1.807) is 0 Å². The van der Waals surface area contributed by atoms with Crippen molar-refractivity contribution in [2.45, 2.75) is 31.7 Å². The molecule has 0 heterocycles. The molecule has 72 valence electrons. The molecular formula is C8H16ClNO2. The fourth-order valence-corrected chi connectivity index (χ4v) is 1.61. The number of hydrogen-bond acceptors (Lipinski definition) is 3. The van der Waals surface area contributed by atoms with Crippen molar-refractivity contribution in [1.29, 1.82) is 0 Å². The zero-order valence-corrected chi connectivity index (χ0v) is 8.10. The Morgan fingerprint density at radius 1 is 1.50 bits per heavy atom. The summed E-state index contributed by atoms with van der Waals surface area (Å²) in [5, 5.41) is 0. The van der Waals surface area contributed by atoms with Crippen LogP contribution in [0, 0.1) is 5.92 Å². The Morgan fingerprint density at radius 2 is 2.17 bits per heavy atom. The number of nitrogens with two attached hydrogens (primary N) is 1. The van der Waals surface area contributed by atoms with Crippen LogP contribution in [0.15, 0.2) is 0 Å². The van der Waals surface area contributed by atoms with Crippen molar-refractivity contribution in [3.05, 3.63) is 0 Å². The third-order valence-electron chi connectivity index (χ3n) is 2.25. The van der Waals surface area contributed by atoms with Gasteiger partial charge in [0.1, 0.15) is 0 Å². The third kappa shape index (κ3) is 2.99. The second kappa shape index (κ2) is 5.38. The van der Waals surface area contributed by atoms with Gasteiger partial charge in [-0.15, -0.1) is 12.4 Å². The largest absolute Gasteiger partial charge is 0.469 e. The van der Waals surface area contributed by atoms with E-state index >= 15 is 0 Å². The van der Waals surface area contributed by atoms with Gasteiger partial charge in [0, 0.05) is 6.04 Å². The summed E-state index contributed by atoms with van der Waals surface area (Å²) in [6.45, 7) is 0. The van der Waals surface area contributed by atoms with Gasteiger partial charge >= 0.3 is 5.97 Å². The van der Waals surface area contributed by atoms with Crippen molar-refractivity contribution in [1.82, 2.24) is 0 Å². The first kappa shape index (κ1) is 11.7. The zero-order valence-electron chi connectivity index (χ0n) is 7.29. The fraction of sp³-hybridized carbons (Fsp3) is 0.875. The van der Waals surface area contributed by atoms with Crippen LogP contribution in [0.5, 0.6) is 0 Å². The molecule has 1 aliphatic carbocycles. The number of carbonyl (C=O) groups is 1. The monoisotopic (exact) mass is 193 g/mol. The molecule has 1 rings (SSSR count). The van der Waals surface area contributed by atoms with Gasteiger partial charge in [0.05, 0.1) is 13.0 Å². The molecule has 1 unspecified atom stereocenters. The standard InChI is InChI=1S/C8H15NO2.ClH/c1-11-8(10)6-3-2-4-7(9)5-6;/h6-7H,2-5,9H2,1H3;1H/t6?,7-;/m0./s1. The van der Waals surface area contributed by atoms with Crippen LogP contribution in [0.2, 0.25) is 0 Å². The molecule has 0 aromatic carbocycles. The Morgan fingerprint density at radius 3 is 2.67 bits per heavy atom. The maximum absolute atomic E-state index is 11.0. The van der Waals surface area contributed by atoms with E-state index in [9.17, 15) is 4.79 Å². The van der Waals surface area contributed by atoms with Crippen molar-refractivity contribution in [2.24, 2.45) is 11.7 Å². The summed E-state index contributed by atoms with van der Waals surface area (Å²) >= 11 is 0. The molecule has 3 nitrogen and oxygen atoms in total. The van der Waals surface area contributed by atoms with Crippen molar-refractivity contribution in [3.8, 4) is 0 Å². The molecule has 1 saturated carbocycles. The summed E-state index contributed by atoms with van der Waals surface area (Å²) in [4.78, 5) is 11.0. The highest BCUT2D eigenvalue weighted by Gasteiger charge is 2.25. The number of carbonyl (C=O) groups excluding carboxylic acids is 1. The van der Waals surface area contributed by atoms with E-state index in [1.807, 2.05) is 0 Å². The molecule has 1 fully saturated rings. The first-order valence-corrected chi connectivity index (χ1v) is 4.07. The highest BCUT2D eigenvalue weighted by molar-refractivity contribution is 5.85. The summed E-state index contributed by atoms with van der Waals surface area (Å²) in [6.07, 6.45) is 3.85. The molecule has 0 aromatic rings. The highest BCUT2D eigenvalue weighted by atomic mass is 35.5. The lowest BCUT2D eigenvalue weighted by atomic mass is 9.86. The molecule has 2 atom stereocenters. The molecule has 4 heteroatoms. The van der Waals surface area contributed by atoms with Crippen molar-refractivity contribution in [2.75, 3.05) is 7.11 Å². The first-order valence-electron chi connectivity index (χ1n) is 4.07. The van der Waals surface area contributed by atoms with Gasteiger partial charge < -0.3 is 10.5 Å². The maximum atomic E-state index is 11.0. The Kier molecular flexibility index (Phi) is 5.25. The molecule has 12 heavy (non-hydrogen) atoms. The van der Waals surface area contributed by atoms with E-state index in [1.165, 1.54) is 7.11 Å². The van der Waals surface area contributed by atoms with E-state index in [0.29, 0.717) is 0 Å². The minimum absolute atomic E-state index is 0. The topological polar surface area (TPSA) is 52.3 Å². The lowest BCUT2D eigenvalue weighted by molar-refractivity contribution is -0.146. The normalized spacial score (nSPS) is 28.8. The van der Waals surface area contributed by atoms with Crippen LogP contribution in [0.3, 0.4) is 0 Å². The van der Waals surface area contributed by atoms with Crippen LogP contribution >= 0.6 is 12.4 Å². The van der Waals surface area contributed by atoms with Gasteiger partial charge in [-0.2, -0.15) is 0 Å². The smallest absolute Gasteiger partial charge is 0.308 e. The van der Waals surface area contributed by atoms with Crippen LogP contribution in [-0.4, -0.2) is 19.1 Å². The summed E-state index contributed by atoms with van der Waals surface area (Å²) in [5.74, 6) is -0.0381. The molecule has 0 spiro atoms. The molecule has 0 aromatic heterocycles. The summed E-state index contributed by atoms with van der Waals surface area (Å²) in [7, 11) is 1.43. The Hall–Kier alpha value is -0.280. The number of rotatable bonds is 1. The molecule has 0 amide bonds. The second-order valence-corrected chi connectivity index (χ2v) is 3.15. The van der Waals surface area contributed by atoms with Gasteiger partial charge in [-0.1, -0.05) is 6.42 Å². The highest BCUT2D eigenvalue weighted by Crippen LogP contribution is 2.23. The summed E-state index contributed by atoms with van der Waals surface area (Å²) in [6, 6.07) is 0.202. The van der Waals surface area contributed by atoms with Crippen LogP contribution in [0.1, 0.15) is 25.7 Å². The Balaban J connectivity index is 0.00000121. The average Bonchev–Trinajstić information content (AvgIpc) is 2.03. The number of hydrogen-bond donors (Lipinski definition) is 1. The summed E-state index contributed by atoms with van der Waals surface area (Å²) in [5.41, 5.74) is 5.71. The minimum Gasteiger partial charge on any atom is -0.469 e. The quantitative estimate of drug-likeness (QED) is 0.635. The zero-order chi connectivity index (χ0) is 8.27. The van der Waals surface area contributed by atoms with Gasteiger partial charge in [-0.05, 0) is 19.3 Å². The lowest BCUT2D eigenvalue weighted by Crippen LogP contribution is -2.32. The Bertz CT molecular complexity index is 152. The molecule has 0 aliphatic heterocycles. The number of halogens is 1. The summed E-state index contributed by atoms with van der Waals surface area (Å²) < 4.78 is 4.64. The van der Waals surface area contributed by atoms with Gasteiger partial charge in [0.15, 0.2) is 0 Å². The average molecular weight is 194 g/mol. The molecular weight excluding hydrogens is 178 g/mol. The number of ether oxygens (including phenoxy) is 1. The first-order chi connectivity index (χ1) is 5.24. The van der Waals surface area contributed by atoms with E-state index in [-0.39, 0.29) is 30.3 Å². The van der Waals surface area contributed by atoms with E-state index in [2.05, 4.69) is 4.74 Å². The van der Waals surface area contributed by atoms with Crippen LogP contribution in [-0.2, 0) is 9.53 Å². The second-order valence-electron chi connectivity index (χ2n) is 3.15. The van der Waals surface area contributed by atoms with Crippen molar-refractivity contribution < 1.29 is 9.53 Å². The molecule has 0 bridgehead atoms. The van der Waals surface area contributed by atoms with Gasteiger partial charge in [0.2, 0.25) is 0 Å². The molecule has 0 saturated heterocycles. The molecule has 0 radical (unpaired) electrons. The van der Waals surface area contributed by atoms with E-state index in [4.69, 9.17) is 5.73 Å². The predicted molar refractivity (Wildman–Crippen MR) is 49.2 cm³/mol. The predicted octanol–water partition coefficient (Wildman–Crippen LogP) is 1.10. The lowest BCUT2D eigenvalue weighted by Gasteiger charge is -2.24. The third-order valence-corrected chi connectivity index (χ3v) is 2.25. The van der Waals surface area contributed by atoms with Crippen LogP contribution < -0.4 is 5.73 Å². The number of methoxy groups -OCH3 is 1. The number of esters is 1. The fourth-order valence-electron chi connectivity index (χ4n) is 1.61. The van der Waals surface area contributed by atoms with Crippen LogP contribution in [0.25, 0.3) is 0 Å². The molecule has 1 aliphatic rings. The van der Waals surface area contributed by atoms with E-state index in [0.717, 1.165) is 25.7 Å².